The van der Waals surface area contributed by atoms with Gasteiger partial charge in [-0.1, -0.05) is 38.3 Å². The Labute approximate surface area is 173 Å². The fourth-order valence-corrected chi connectivity index (χ4v) is 3.39. The van der Waals surface area contributed by atoms with Gasteiger partial charge in [0.2, 0.25) is 10.0 Å². The Morgan fingerprint density at radius 3 is 2.59 bits per heavy atom. The fraction of sp³-hybridized carbons (Fsp3) is 0.476. The number of nitrogens with two attached hydrogens (primary N) is 1. The van der Waals surface area contributed by atoms with Crippen LogP contribution in [0.1, 0.15) is 50.9 Å². The molecule has 8 heteroatoms. The number of primary sulfonamides is 1. The van der Waals surface area contributed by atoms with Crippen molar-refractivity contribution in [2.45, 2.75) is 63.4 Å². The van der Waals surface area contributed by atoms with E-state index in [1.54, 1.807) is 18.4 Å². The minimum Gasteiger partial charge on any atom is -0.469 e. The van der Waals surface area contributed by atoms with E-state index in [0.29, 0.717) is 19.1 Å². The van der Waals surface area contributed by atoms with E-state index in [-0.39, 0.29) is 4.90 Å². The maximum atomic E-state index is 11.4. The average Bonchev–Trinajstić information content (AvgIpc) is 3.19. The van der Waals surface area contributed by atoms with Crippen LogP contribution in [0.5, 0.6) is 0 Å². The normalized spacial score (nSPS) is 13.3. The summed E-state index contributed by atoms with van der Waals surface area (Å²) in [6.45, 7) is 5.48. The van der Waals surface area contributed by atoms with Crippen LogP contribution in [0.4, 0.5) is 0 Å². The minimum atomic E-state index is -3.68. The van der Waals surface area contributed by atoms with E-state index in [1.165, 1.54) is 31.4 Å². The van der Waals surface area contributed by atoms with Gasteiger partial charge in [-0.2, -0.15) is 0 Å². The molecule has 1 atom stereocenters. The quantitative estimate of drug-likeness (QED) is 0.294. The van der Waals surface area contributed by atoms with Crippen LogP contribution in [-0.2, 0) is 23.0 Å². The van der Waals surface area contributed by atoms with Gasteiger partial charge in [-0.15, -0.1) is 0 Å². The highest BCUT2D eigenvalue weighted by Crippen LogP contribution is 2.10. The van der Waals surface area contributed by atoms with Crippen molar-refractivity contribution >= 4 is 16.0 Å². The van der Waals surface area contributed by atoms with E-state index in [9.17, 15) is 8.42 Å². The van der Waals surface area contributed by atoms with Crippen LogP contribution in [-0.4, -0.2) is 27.0 Å². The van der Waals surface area contributed by atoms with E-state index in [4.69, 9.17) is 9.56 Å². The third-order valence-corrected chi connectivity index (χ3v) is 5.47. The zero-order valence-corrected chi connectivity index (χ0v) is 18.0. The number of hydrogen-bond donors (Lipinski definition) is 3. The lowest BCUT2D eigenvalue weighted by Gasteiger charge is -2.18. The molecule has 29 heavy (non-hydrogen) atoms. The maximum absolute atomic E-state index is 11.4. The van der Waals surface area contributed by atoms with Gasteiger partial charge in [0.15, 0.2) is 5.96 Å². The van der Waals surface area contributed by atoms with Crippen molar-refractivity contribution in [3.8, 4) is 0 Å². The molecule has 4 N–H and O–H groups in total. The summed E-state index contributed by atoms with van der Waals surface area (Å²) in [5.74, 6) is 1.66. The number of aliphatic imine (C=N–C) groups is 1. The van der Waals surface area contributed by atoms with Crippen LogP contribution in [0.25, 0.3) is 0 Å². The summed E-state index contributed by atoms with van der Waals surface area (Å²) in [6, 6.07) is 10.6. The van der Waals surface area contributed by atoms with Crippen LogP contribution in [0.15, 0.2) is 57.0 Å². The Kier molecular flexibility index (Phi) is 9.21. The molecule has 0 bridgehead atoms. The minimum absolute atomic E-state index is 0.102. The molecule has 0 saturated heterocycles. The molecule has 0 radical (unpaired) electrons. The van der Waals surface area contributed by atoms with E-state index in [1.807, 2.05) is 12.1 Å². The molecule has 1 aromatic carbocycles. The molecule has 2 aromatic rings. The Morgan fingerprint density at radius 1 is 1.21 bits per heavy atom. The van der Waals surface area contributed by atoms with Crippen LogP contribution in [0, 0.1) is 0 Å². The molecule has 7 nitrogen and oxygen atoms in total. The molecule has 0 spiro atoms. The molecule has 0 saturated carbocycles. The number of guanidine groups is 1. The predicted molar refractivity (Wildman–Crippen MR) is 116 cm³/mol. The second kappa shape index (κ2) is 11.6. The molecule has 0 aliphatic heterocycles. The van der Waals surface area contributed by atoms with Crippen molar-refractivity contribution < 1.29 is 12.8 Å². The number of nitrogens with zero attached hydrogens (tertiary/aromatic N) is 1. The predicted octanol–water partition coefficient (Wildman–Crippen LogP) is 3.17. The van der Waals surface area contributed by atoms with Gasteiger partial charge in [0, 0.05) is 19.0 Å². The highest BCUT2D eigenvalue weighted by atomic mass is 32.2. The number of furan rings is 1. The summed E-state index contributed by atoms with van der Waals surface area (Å²) in [7, 11) is -3.68. The molecule has 2 rings (SSSR count). The molecule has 160 valence electrons. The summed E-state index contributed by atoms with van der Waals surface area (Å²) in [6.07, 6.45) is 7.12. The first-order valence-electron chi connectivity index (χ1n) is 10.1. The van der Waals surface area contributed by atoms with Gasteiger partial charge in [0.05, 0.1) is 17.7 Å². The molecular formula is C21H32N4O3S. The average molecular weight is 421 g/mol. The zero-order valence-electron chi connectivity index (χ0n) is 17.2. The van der Waals surface area contributed by atoms with Gasteiger partial charge in [0.25, 0.3) is 0 Å². The van der Waals surface area contributed by atoms with Crippen molar-refractivity contribution in [2.24, 2.45) is 10.1 Å². The summed E-state index contributed by atoms with van der Waals surface area (Å²) >= 11 is 0. The highest BCUT2D eigenvalue weighted by Gasteiger charge is 2.08. The molecule has 0 amide bonds. The first kappa shape index (κ1) is 23.0. The number of hydrogen-bond acceptors (Lipinski definition) is 4. The largest absolute Gasteiger partial charge is 0.469 e. The van der Waals surface area contributed by atoms with Crippen LogP contribution >= 0.6 is 0 Å². The van der Waals surface area contributed by atoms with Crippen LogP contribution in [0.3, 0.4) is 0 Å². The van der Waals surface area contributed by atoms with Gasteiger partial charge >= 0.3 is 0 Å². The first-order valence-corrected chi connectivity index (χ1v) is 11.6. The highest BCUT2D eigenvalue weighted by molar-refractivity contribution is 7.89. The number of nitrogens with one attached hydrogen (secondary N) is 2. The monoisotopic (exact) mass is 420 g/mol. The molecule has 1 unspecified atom stereocenters. The Bertz CT molecular complexity index is 847. The van der Waals surface area contributed by atoms with E-state index in [0.717, 1.165) is 30.1 Å². The third-order valence-electron chi connectivity index (χ3n) is 4.54. The molecule has 0 aliphatic carbocycles. The molecule has 0 fully saturated rings. The van der Waals surface area contributed by atoms with Crippen molar-refractivity contribution in [3.63, 3.8) is 0 Å². The SMILES string of the molecule is CCCCCC(C)NC(=NCc1ccc(S(N)(=O)=O)cc1)NCCc1ccco1. The number of benzene rings is 1. The standard InChI is InChI=1S/C21H32N4O3S/c1-3-4-5-7-17(2)25-21(23-14-13-19-8-6-15-28-19)24-16-18-9-11-20(12-10-18)29(22,26)27/h6,8-12,15,17H,3-5,7,13-14,16H2,1-2H3,(H2,22,26,27)(H2,23,24,25). The molecule has 1 aromatic heterocycles. The second-order valence-corrected chi connectivity index (χ2v) is 8.71. The summed E-state index contributed by atoms with van der Waals surface area (Å²) in [5.41, 5.74) is 0.906. The number of unbranched alkanes of at least 4 members (excludes halogenated alkanes) is 2. The molecule has 1 heterocycles. The lowest BCUT2D eigenvalue weighted by Crippen LogP contribution is -2.43. The third kappa shape index (κ3) is 8.70. The maximum Gasteiger partial charge on any atom is 0.238 e. The van der Waals surface area contributed by atoms with Gasteiger partial charge in [0.1, 0.15) is 5.76 Å². The lowest BCUT2D eigenvalue weighted by atomic mass is 10.1. The summed E-state index contributed by atoms with van der Waals surface area (Å²) in [5, 5.41) is 11.9. The van der Waals surface area contributed by atoms with Crippen LogP contribution in [0.2, 0.25) is 0 Å². The summed E-state index contributed by atoms with van der Waals surface area (Å²) in [4.78, 5) is 4.76. The van der Waals surface area contributed by atoms with Gasteiger partial charge in [-0.3, -0.25) is 0 Å². The van der Waals surface area contributed by atoms with Crippen molar-refractivity contribution in [2.75, 3.05) is 6.54 Å². The van der Waals surface area contributed by atoms with E-state index >= 15 is 0 Å². The summed E-state index contributed by atoms with van der Waals surface area (Å²) < 4.78 is 28.1. The van der Waals surface area contributed by atoms with Gasteiger partial charge < -0.3 is 15.1 Å². The van der Waals surface area contributed by atoms with Gasteiger partial charge in [-0.25, -0.2) is 18.5 Å². The number of sulfonamides is 1. The Morgan fingerprint density at radius 2 is 1.97 bits per heavy atom. The first-order chi connectivity index (χ1) is 13.9. The van der Waals surface area contributed by atoms with Crippen molar-refractivity contribution in [1.29, 1.82) is 0 Å². The van der Waals surface area contributed by atoms with Crippen molar-refractivity contribution in [1.82, 2.24) is 10.6 Å². The molecular weight excluding hydrogens is 388 g/mol. The van der Waals surface area contributed by atoms with E-state index < -0.39 is 10.0 Å². The van der Waals surface area contributed by atoms with Crippen LogP contribution < -0.4 is 15.8 Å². The Balaban J connectivity index is 1.97. The smallest absolute Gasteiger partial charge is 0.238 e. The lowest BCUT2D eigenvalue weighted by molar-refractivity contribution is 0.504. The molecule has 0 aliphatic rings. The second-order valence-electron chi connectivity index (χ2n) is 7.15. The van der Waals surface area contributed by atoms with Gasteiger partial charge in [-0.05, 0) is 43.2 Å². The van der Waals surface area contributed by atoms with E-state index in [2.05, 4.69) is 29.5 Å². The zero-order chi connectivity index (χ0) is 21.1. The fourth-order valence-electron chi connectivity index (χ4n) is 2.87. The number of rotatable bonds is 11. The van der Waals surface area contributed by atoms with Crippen molar-refractivity contribution in [3.05, 3.63) is 54.0 Å². The topological polar surface area (TPSA) is 110 Å². The Hall–Kier alpha value is -2.32.